The number of amides is 1. The lowest BCUT2D eigenvalue weighted by atomic mass is 10.2. The van der Waals surface area contributed by atoms with Gasteiger partial charge >= 0.3 is 5.97 Å². The van der Waals surface area contributed by atoms with Crippen LogP contribution in [-0.4, -0.2) is 30.6 Å². The predicted molar refractivity (Wildman–Crippen MR) is 106 cm³/mol. The van der Waals surface area contributed by atoms with E-state index >= 15 is 0 Å². The van der Waals surface area contributed by atoms with Gasteiger partial charge in [-0.15, -0.1) is 0 Å². The highest BCUT2D eigenvalue weighted by Gasteiger charge is 2.17. The van der Waals surface area contributed by atoms with Crippen molar-refractivity contribution in [3.05, 3.63) is 53.8 Å². The van der Waals surface area contributed by atoms with Gasteiger partial charge in [0.05, 0.1) is 29.5 Å². The largest absolute Gasteiger partial charge is 0.490 e. The number of rotatable bonds is 5. The summed E-state index contributed by atoms with van der Waals surface area (Å²) in [5.41, 5.74) is 1.63. The number of carbonyl (C=O) groups excluding carboxylic acids is 2. The number of thiazole rings is 1. The highest BCUT2D eigenvalue weighted by atomic mass is 32.1. The monoisotopic (exact) mass is 396 g/mol. The third-order valence-corrected chi connectivity index (χ3v) is 5.00. The third kappa shape index (κ3) is 3.29. The number of methoxy groups -OCH3 is 1. The molecule has 0 saturated heterocycles. The second-order valence-corrected chi connectivity index (χ2v) is 6.90. The standard InChI is InChI=1S/C20H16N2O5S/c1-3-26-14-6-4-5-11-9-15(27-17(11)14)18(23)22-20-21-13-8-7-12(19(24)25-2)10-16(13)28-20/h4-10H,3H2,1-2H3,(H,21,22,23). The van der Waals surface area contributed by atoms with Gasteiger partial charge < -0.3 is 13.9 Å². The molecule has 0 fully saturated rings. The molecule has 0 unspecified atom stereocenters. The second-order valence-electron chi connectivity index (χ2n) is 5.87. The van der Waals surface area contributed by atoms with E-state index in [4.69, 9.17) is 13.9 Å². The number of hydrogen-bond acceptors (Lipinski definition) is 7. The van der Waals surface area contributed by atoms with Crippen LogP contribution in [0.25, 0.3) is 21.2 Å². The minimum Gasteiger partial charge on any atom is -0.490 e. The Bertz CT molecular complexity index is 1190. The van der Waals surface area contributed by atoms with Crippen LogP contribution < -0.4 is 10.1 Å². The minimum absolute atomic E-state index is 0.164. The van der Waals surface area contributed by atoms with Gasteiger partial charge in [-0.1, -0.05) is 23.5 Å². The van der Waals surface area contributed by atoms with Crippen molar-refractivity contribution in [1.29, 1.82) is 0 Å². The number of anilines is 1. The van der Waals surface area contributed by atoms with E-state index in [0.717, 1.165) is 10.1 Å². The van der Waals surface area contributed by atoms with Crippen LogP contribution >= 0.6 is 11.3 Å². The molecule has 4 aromatic rings. The topological polar surface area (TPSA) is 90.7 Å². The minimum atomic E-state index is -0.423. The Morgan fingerprint density at radius 3 is 2.86 bits per heavy atom. The fourth-order valence-electron chi connectivity index (χ4n) is 2.80. The number of nitrogens with one attached hydrogen (secondary N) is 1. The normalized spacial score (nSPS) is 10.9. The molecule has 0 saturated carbocycles. The number of hydrogen-bond donors (Lipinski definition) is 1. The quantitative estimate of drug-likeness (QED) is 0.500. The molecule has 1 N–H and O–H groups in total. The molecule has 142 valence electrons. The maximum atomic E-state index is 12.6. The molecule has 0 aliphatic carbocycles. The second kappa shape index (κ2) is 7.32. The highest BCUT2D eigenvalue weighted by molar-refractivity contribution is 7.22. The number of nitrogens with zero attached hydrogens (tertiary/aromatic N) is 1. The summed E-state index contributed by atoms with van der Waals surface area (Å²) in [5.74, 6) is -0.0785. The number of carbonyl (C=O) groups is 2. The van der Waals surface area contributed by atoms with Gasteiger partial charge in [-0.25, -0.2) is 9.78 Å². The zero-order valence-electron chi connectivity index (χ0n) is 15.1. The Morgan fingerprint density at radius 2 is 2.07 bits per heavy atom. The molecule has 0 atom stereocenters. The summed E-state index contributed by atoms with van der Waals surface area (Å²) in [6.45, 7) is 2.38. The SMILES string of the molecule is CCOc1cccc2cc(C(=O)Nc3nc4ccc(C(=O)OC)cc4s3)oc12. The Morgan fingerprint density at radius 1 is 1.21 bits per heavy atom. The predicted octanol–water partition coefficient (Wildman–Crippen LogP) is 4.48. The molecular weight excluding hydrogens is 380 g/mol. The summed E-state index contributed by atoms with van der Waals surface area (Å²) >= 11 is 1.26. The molecule has 28 heavy (non-hydrogen) atoms. The van der Waals surface area contributed by atoms with Crippen LogP contribution in [0.2, 0.25) is 0 Å². The summed E-state index contributed by atoms with van der Waals surface area (Å²) in [4.78, 5) is 28.6. The first-order valence-corrected chi connectivity index (χ1v) is 9.36. The van der Waals surface area contributed by atoms with E-state index in [1.807, 2.05) is 19.1 Å². The van der Waals surface area contributed by atoms with Crippen molar-refractivity contribution in [2.75, 3.05) is 19.0 Å². The lowest BCUT2D eigenvalue weighted by Crippen LogP contribution is -2.10. The summed E-state index contributed by atoms with van der Waals surface area (Å²) in [7, 11) is 1.33. The van der Waals surface area contributed by atoms with E-state index in [-0.39, 0.29) is 5.76 Å². The molecule has 0 aliphatic rings. The first kappa shape index (κ1) is 18.0. The van der Waals surface area contributed by atoms with Crippen molar-refractivity contribution in [2.24, 2.45) is 0 Å². The molecule has 0 radical (unpaired) electrons. The molecular formula is C20H16N2O5S. The summed E-state index contributed by atoms with van der Waals surface area (Å²) in [5, 5.41) is 3.93. The van der Waals surface area contributed by atoms with Gasteiger partial charge in [-0.2, -0.15) is 0 Å². The van der Waals surface area contributed by atoms with Crippen molar-refractivity contribution in [2.45, 2.75) is 6.92 Å². The molecule has 7 nitrogen and oxygen atoms in total. The Balaban J connectivity index is 1.60. The number of para-hydroxylation sites is 1. The van der Waals surface area contributed by atoms with Crippen LogP contribution in [0.15, 0.2) is 46.9 Å². The van der Waals surface area contributed by atoms with Crippen molar-refractivity contribution in [1.82, 2.24) is 4.98 Å². The molecule has 0 aliphatic heterocycles. The summed E-state index contributed by atoms with van der Waals surface area (Å²) in [6, 6.07) is 12.2. The fraction of sp³-hybridized carbons (Fsp3) is 0.150. The fourth-order valence-corrected chi connectivity index (χ4v) is 3.70. The van der Waals surface area contributed by atoms with Crippen LogP contribution in [0.5, 0.6) is 5.75 Å². The van der Waals surface area contributed by atoms with Gasteiger partial charge in [-0.3, -0.25) is 10.1 Å². The molecule has 2 heterocycles. The van der Waals surface area contributed by atoms with Crippen molar-refractivity contribution in [3.63, 3.8) is 0 Å². The van der Waals surface area contributed by atoms with E-state index in [1.165, 1.54) is 18.4 Å². The van der Waals surface area contributed by atoms with Gasteiger partial charge in [0, 0.05) is 5.39 Å². The van der Waals surface area contributed by atoms with Crippen LogP contribution in [0.3, 0.4) is 0 Å². The maximum absolute atomic E-state index is 12.6. The maximum Gasteiger partial charge on any atom is 0.337 e. The third-order valence-electron chi connectivity index (χ3n) is 4.06. The van der Waals surface area contributed by atoms with Crippen molar-refractivity contribution < 1.29 is 23.5 Å². The first-order chi connectivity index (χ1) is 13.6. The Hall–Kier alpha value is -3.39. The number of ether oxygens (including phenoxy) is 2. The Kier molecular flexibility index (Phi) is 4.70. The van der Waals surface area contributed by atoms with E-state index in [9.17, 15) is 9.59 Å². The lowest BCUT2D eigenvalue weighted by molar-refractivity contribution is 0.0601. The van der Waals surface area contributed by atoms with Gasteiger partial charge in [0.25, 0.3) is 5.91 Å². The Labute approximate surface area is 163 Å². The number of furan rings is 1. The molecule has 8 heteroatoms. The number of fused-ring (bicyclic) bond motifs is 2. The van der Waals surface area contributed by atoms with Gasteiger partial charge in [0.15, 0.2) is 22.2 Å². The van der Waals surface area contributed by atoms with Crippen LogP contribution in [0.4, 0.5) is 5.13 Å². The molecule has 2 aromatic heterocycles. The highest BCUT2D eigenvalue weighted by Crippen LogP contribution is 2.30. The first-order valence-electron chi connectivity index (χ1n) is 8.54. The summed E-state index contributed by atoms with van der Waals surface area (Å²) < 4.78 is 16.7. The van der Waals surface area contributed by atoms with Gasteiger partial charge in [0.1, 0.15) is 0 Å². The van der Waals surface area contributed by atoms with Crippen LogP contribution in [-0.2, 0) is 4.74 Å². The van der Waals surface area contributed by atoms with E-state index < -0.39 is 11.9 Å². The number of benzene rings is 2. The molecule has 4 rings (SSSR count). The molecule has 0 bridgehead atoms. The van der Waals surface area contributed by atoms with E-state index in [2.05, 4.69) is 10.3 Å². The average Bonchev–Trinajstić information content (AvgIpc) is 3.31. The van der Waals surface area contributed by atoms with Gasteiger partial charge in [0.2, 0.25) is 0 Å². The zero-order chi connectivity index (χ0) is 19.7. The van der Waals surface area contributed by atoms with Crippen molar-refractivity contribution >= 4 is 49.5 Å². The molecule has 2 aromatic carbocycles. The number of aromatic nitrogens is 1. The molecule has 0 spiro atoms. The van der Waals surface area contributed by atoms with Crippen molar-refractivity contribution in [3.8, 4) is 5.75 Å². The molecule has 1 amide bonds. The summed E-state index contributed by atoms with van der Waals surface area (Å²) in [6.07, 6.45) is 0. The van der Waals surface area contributed by atoms with E-state index in [1.54, 1.807) is 30.3 Å². The van der Waals surface area contributed by atoms with Crippen LogP contribution in [0.1, 0.15) is 27.8 Å². The van der Waals surface area contributed by atoms with Crippen LogP contribution in [0, 0.1) is 0 Å². The lowest BCUT2D eigenvalue weighted by Gasteiger charge is -2.02. The van der Waals surface area contributed by atoms with Gasteiger partial charge in [-0.05, 0) is 37.3 Å². The number of esters is 1. The zero-order valence-corrected chi connectivity index (χ0v) is 16.0. The average molecular weight is 396 g/mol. The van der Waals surface area contributed by atoms with E-state index in [0.29, 0.717) is 34.2 Å². The smallest absolute Gasteiger partial charge is 0.337 e.